The molecule has 0 amide bonds. The summed E-state index contributed by atoms with van der Waals surface area (Å²) in [4.78, 5) is 0. The number of hydrogen-bond donors (Lipinski definition) is 1. The van der Waals surface area contributed by atoms with E-state index >= 15 is 0 Å². The van der Waals surface area contributed by atoms with E-state index in [1.807, 2.05) is 12.3 Å². The Kier molecular flexibility index (Phi) is 2.55. The van der Waals surface area contributed by atoms with Crippen molar-refractivity contribution in [3.63, 3.8) is 0 Å². The maximum absolute atomic E-state index is 5.73. The quantitative estimate of drug-likeness (QED) is 0.811. The first kappa shape index (κ1) is 9.29. The molecule has 6 heteroatoms. The second kappa shape index (κ2) is 3.85. The Morgan fingerprint density at radius 3 is 3.14 bits per heavy atom. The Morgan fingerprint density at radius 1 is 1.64 bits per heavy atom. The van der Waals surface area contributed by atoms with Crippen molar-refractivity contribution in [3.05, 3.63) is 28.2 Å². The van der Waals surface area contributed by atoms with Crippen LogP contribution in [0.3, 0.4) is 0 Å². The van der Waals surface area contributed by atoms with Crippen LogP contribution in [0.25, 0.3) is 0 Å². The van der Waals surface area contributed by atoms with E-state index in [-0.39, 0.29) is 6.04 Å². The van der Waals surface area contributed by atoms with Gasteiger partial charge in [0.1, 0.15) is 0 Å². The largest absolute Gasteiger partial charge is 0.322 e. The Bertz CT molecular complexity index is 392. The Labute approximate surface area is 85.5 Å². The zero-order valence-electron chi connectivity index (χ0n) is 7.79. The van der Waals surface area contributed by atoms with E-state index in [1.54, 1.807) is 16.0 Å². The van der Waals surface area contributed by atoms with Gasteiger partial charge in [-0.15, -0.1) is 5.10 Å². The molecule has 2 heterocycles. The molecule has 2 N–H and O–H groups in total. The summed E-state index contributed by atoms with van der Waals surface area (Å²) in [6.45, 7) is 2.56. The summed E-state index contributed by atoms with van der Waals surface area (Å²) >= 11 is 1.66. The second-order valence-electron chi connectivity index (χ2n) is 3.12. The van der Waals surface area contributed by atoms with Crippen molar-refractivity contribution in [1.29, 1.82) is 0 Å². The lowest BCUT2D eigenvalue weighted by Crippen LogP contribution is -2.14. The molecule has 0 saturated heterocycles. The summed E-state index contributed by atoms with van der Waals surface area (Å²) in [5.74, 6) is 0.719. The zero-order valence-corrected chi connectivity index (χ0v) is 8.61. The SMILES string of the molecule is CC(N)c1nnnn1Cc1ccsc1. The van der Waals surface area contributed by atoms with E-state index in [1.165, 1.54) is 5.56 Å². The molecule has 0 bridgehead atoms. The van der Waals surface area contributed by atoms with Crippen LogP contribution in [0.4, 0.5) is 0 Å². The molecule has 0 saturated carbocycles. The van der Waals surface area contributed by atoms with Gasteiger partial charge < -0.3 is 5.73 Å². The first-order valence-corrected chi connectivity index (χ1v) is 5.24. The van der Waals surface area contributed by atoms with Gasteiger partial charge in [-0.3, -0.25) is 0 Å². The van der Waals surface area contributed by atoms with Crippen molar-refractivity contribution in [2.45, 2.75) is 19.5 Å². The first-order valence-electron chi connectivity index (χ1n) is 4.30. The molecular formula is C8H11N5S. The topological polar surface area (TPSA) is 69.6 Å². The summed E-state index contributed by atoms with van der Waals surface area (Å²) in [7, 11) is 0. The van der Waals surface area contributed by atoms with Crippen LogP contribution in [-0.2, 0) is 6.54 Å². The fraction of sp³-hybridized carbons (Fsp3) is 0.375. The monoisotopic (exact) mass is 209 g/mol. The summed E-state index contributed by atoms with van der Waals surface area (Å²) in [6.07, 6.45) is 0. The molecule has 0 radical (unpaired) electrons. The lowest BCUT2D eigenvalue weighted by Gasteiger charge is -2.04. The van der Waals surface area contributed by atoms with Crippen molar-refractivity contribution in [2.24, 2.45) is 5.73 Å². The minimum atomic E-state index is -0.136. The molecular weight excluding hydrogens is 198 g/mol. The van der Waals surface area contributed by atoms with Crippen LogP contribution in [-0.4, -0.2) is 20.2 Å². The lowest BCUT2D eigenvalue weighted by molar-refractivity contribution is 0.588. The average molecular weight is 209 g/mol. The van der Waals surface area contributed by atoms with E-state index in [9.17, 15) is 0 Å². The predicted molar refractivity (Wildman–Crippen MR) is 53.8 cm³/mol. The molecule has 0 aromatic carbocycles. The van der Waals surface area contributed by atoms with E-state index in [4.69, 9.17) is 5.73 Å². The van der Waals surface area contributed by atoms with Crippen LogP contribution in [0, 0.1) is 0 Å². The number of nitrogens with zero attached hydrogens (tertiary/aromatic N) is 4. The molecule has 1 atom stereocenters. The molecule has 2 rings (SSSR count). The van der Waals surface area contributed by atoms with Crippen LogP contribution in [0.1, 0.15) is 24.4 Å². The molecule has 0 aliphatic heterocycles. The van der Waals surface area contributed by atoms with Crippen LogP contribution < -0.4 is 5.73 Å². The third kappa shape index (κ3) is 1.80. The molecule has 0 aliphatic carbocycles. The fourth-order valence-corrected chi connectivity index (χ4v) is 1.87. The molecule has 74 valence electrons. The third-order valence-electron chi connectivity index (χ3n) is 1.88. The van der Waals surface area contributed by atoms with Crippen molar-refractivity contribution < 1.29 is 0 Å². The smallest absolute Gasteiger partial charge is 0.168 e. The predicted octanol–water partition coefficient (Wildman–Crippen LogP) is 0.803. The normalized spacial score (nSPS) is 13.0. The van der Waals surface area contributed by atoms with Gasteiger partial charge in [-0.25, -0.2) is 4.68 Å². The van der Waals surface area contributed by atoms with E-state index in [0.717, 1.165) is 5.82 Å². The summed E-state index contributed by atoms with van der Waals surface area (Å²) in [6, 6.07) is 1.92. The van der Waals surface area contributed by atoms with Crippen LogP contribution in [0.5, 0.6) is 0 Å². The van der Waals surface area contributed by atoms with E-state index in [2.05, 4.69) is 27.0 Å². The van der Waals surface area contributed by atoms with Gasteiger partial charge in [-0.2, -0.15) is 11.3 Å². The highest BCUT2D eigenvalue weighted by Gasteiger charge is 2.10. The number of aromatic nitrogens is 4. The number of hydrogen-bond acceptors (Lipinski definition) is 5. The van der Waals surface area contributed by atoms with Gasteiger partial charge in [0.05, 0.1) is 12.6 Å². The molecule has 0 aliphatic rings. The number of thiophene rings is 1. The number of tetrazole rings is 1. The van der Waals surface area contributed by atoms with E-state index < -0.39 is 0 Å². The minimum absolute atomic E-state index is 0.136. The van der Waals surface area contributed by atoms with Gasteiger partial charge in [0.2, 0.25) is 0 Å². The highest BCUT2D eigenvalue weighted by atomic mass is 32.1. The van der Waals surface area contributed by atoms with Gasteiger partial charge in [-0.05, 0) is 39.7 Å². The Morgan fingerprint density at radius 2 is 2.50 bits per heavy atom. The highest BCUT2D eigenvalue weighted by Crippen LogP contribution is 2.10. The second-order valence-corrected chi connectivity index (χ2v) is 3.90. The molecule has 0 fully saturated rings. The van der Waals surface area contributed by atoms with Crippen molar-refractivity contribution >= 4 is 11.3 Å². The molecule has 14 heavy (non-hydrogen) atoms. The zero-order chi connectivity index (χ0) is 9.97. The molecule has 5 nitrogen and oxygen atoms in total. The van der Waals surface area contributed by atoms with Crippen molar-refractivity contribution in [1.82, 2.24) is 20.2 Å². The van der Waals surface area contributed by atoms with Crippen LogP contribution in [0.2, 0.25) is 0 Å². The standard InChI is InChI=1S/C8H11N5S/c1-6(9)8-10-11-12-13(8)4-7-2-3-14-5-7/h2-3,5-6H,4,9H2,1H3. The lowest BCUT2D eigenvalue weighted by atomic mass is 10.3. The Balaban J connectivity index is 2.21. The maximum Gasteiger partial charge on any atom is 0.168 e. The number of rotatable bonds is 3. The van der Waals surface area contributed by atoms with Crippen molar-refractivity contribution in [3.8, 4) is 0 Å². The van der Waals surface area contributed by atoms with E-state index in [0.29, 0.717) is 6.54 Å². The summed E-state index contributed by atoms with van der Waals surface area (Å²) < 4.78 is 1.73. The minimum Gasteiger partial charge on any atom is -0.322 e. The Hall–Kier alpha value is -1.27. The van der Waals surface area contributed by atoms with Crippen LogP contribution >= 0.6 is 11.3 Å². The highest BCUT2D eigenvalue weighted by molar-refractivity contribution is 7.07. The molecule has 2 aromatic rings. The molecule has 2 aromatic heterocycles. The van der Waals surface area contributed by atoms with Gasteiger partial charge in [0.15, 0.2) is 5.82 Å². The number of nitrogens with two attached hydrogens (primary N) is 1. The third-order valence-corrected chi connectivity index (χ3v) is 2.61. The molecule has 0 spiro atoms. The summed E-state index contributed by atoms with van der Waals surface area (Å²) in [5, 5.41) is 15.5. The fourth-order valence-electron chi connectivity index (χ4n) is 1.21. The average Bonchev–Trinajstić information content (AvgIpc) is 2.75. The van der Waals surface area contributed by atoms with Gasteiger partial charge >= 0.3 is 0 Å². The van der Waals surface area contributed by atoms with Crippen LogP contribution in [0.15, 0.2) is 16.8 Å². The van der Waals surface area contributed by atoms with Crippen molar-refractivity contribution in [2.75, 3.05) is 0 Å². The molecule has 1 unspecified atom stereocenters. The summed E-state index contributed by atoms with van der Waals surface area (Å²) in [5.41, 5.74) is 6.93. The van der Waals surface area contributed by atoms with Gasteiger partial charge in [0.25, 0.3) is 0 Å². The van der Waals surface area contributed by atoms with Gasteiger partial charge in [-0.1, -0.05) is 0 Å². The first-order chi connectivity index (χ1) is 6.77. The van der Waals surface area contributed by atoms with Gasteiger partial charge in [0, 0.05) is 0 Å². The maximum atomic E-state index is 5.73.